The van der Waals surface area contributed by atoms with Crippen molar-refractivity contribution in [1.29, 1.82) is 0 Å². The molecule has 2 N–H and O–H groups in total. The third-order valence-electron chi connectivity index (χ3n) is 0.175. The van der Waals surface area contributed by atoms with Crippen molar-refractivity contribution in [3.8, 4) is 0 Å². The molecule has 0 aromatic rings. The molecule has 0 aromatic carbocycles. The molecule has 0 spiro atoms. The summed E-state index contributed by atoms with van der Waals surface area (Å²) in [5, 5.41) is 0. The molecule has 6 heteroatoms. The monoisotopic (exact) mass is 110 g/mol. The molecule has 0 aliphatic rings. The number of hydrogen-bond donors (Lipinski definition) is 1. The van der Waals surface area contributed by atoms with Crippen molar-refractivity contribution in [2.24, 2.45) is 10.8 Å². The fraction of sp³-hybridized carbons (Fsp3) is 0. The SMILES string of the molecule is NO[PH](=O)N=O. The molecule has 0 aromatic heterocycles. The van der Waals surface area contributed by atoms with Gasteiger partial charge in [0.05, 0.1) is 0 Å². The molecule has 0 fully saturated rings. The highest BCUT2D eigenvalue weighted by atomic mass is 31.1. The smallest absolute Gasteiger partial charge is 0.265 e. The van der Waals surface area contributed by atoms with Crippen LogP contribution in [0.1, 0.15) is 0 Å². The average molecular weight is 110 g/mol. The molecule has 6 heavy (non-hydrogen) atoms. The van der Waals surface area contributed by atoms with Crippen LogP contribution in [-0.2, 0) is 9.19 Å². The van der Waals surface area contributed by atoms with Gasteiger partial charge in [0.1, 0.15) is 0 Å². The highest BCUT2D eigenvalue weighted by molar-refractivity contribution is 7.37. The van der Waals surface area contributed by atoms with Gasteiger partial charge in [-0.3, -0.25) is 4.57 Å². The number of rotatable bonds is 2. The zero-order chi connectivity index (χ0) is 4.99. The second-order valence-electron chi connectivity index (χ2n) is 0.475. The summed E-state index contributed by atoms with van der Waals surface area (Å²) in [4.78, 5) is 11.0. The Kier molecular flexibility index (Phi) is 2.84. The summed E-state index contributed by atoms with van der Waals surface area (Å²) in [6.07, 6.45) is 0. The Balaban J connectivity index is 3.23. The van der Waals surface area contributed by atoms with Crippen LogP contribution >= 0.6 is 8.18 Å². The third kappa shape index (κ3) is 2.02. The maximum absolute atomic E-state index is 9.54. The quantitative estimate of drug-likeness (QED) is 0.309. The van der Waals surface area contributed by atoms with Gasteiger partial charge >= 0.3 is 8.18 Å². The van der Waals surface area contributed by atoms with Gasteiger partial charge in [-0.1, -0.05) is 0 Å². The molecule has 1 unspecified atom stereocenters. The van der Waals surface area contributed by atoms with E-state index < -0.39 is 8.18 Å². The van der Waals surface area contributed by atoms with Gasteiger partial charge in [-0.25, -0.2) is 10.5 Å². The minimum absolute atomic E-state index is 1.96. The Bertz CT molecular complexity index is 69.2. The molecular formula is H3N2O3P. The van der Waals surface area contributed by atoms with Crippen LogP contribution in [0.15, 0.2) is 4.95 Å². The first-order valence-electron chi connectivity index (χ1n) is 1.05. The van der Waals surface area contributed by atoms with E-state index in [9.17, 15) is 4.57 Å². The fourth-order valence-electron chi connectivity index (χ4n) is 0.0215. The average Bonchev–Trinajstić information content (AvgIpc) is 1.65. The van der Waals surface area contributed by atoms with E-state index >= 15 is 0 Å². The Labute approximate surface area is 34.3 Å². The van der Waals surface area contributed by atoms with E-state index in [-0.39, 0.29) is 0 Å². The van der Waals surface area contributed by atoms with Crippen LogP contribution in [0.5, 0.6) is 0 Å². The molecule has 0 saturated carbocycles. The predicted octanol–water partition coefficient (Wildman–Crippen LogP) is 0.0328. The van der Waals surface area contributed by atoms with E-state index in [0.717, 1.165) is 0 Å². The van der Waals surface area contributed by atoms with Gasteiger partial charge in [0.2, 0.25) is 0 Å². The summed E-state index contributed by atoms with van der Waals surface area (Å²) in [6, 6.07) is 0. The zero-order valence-electron chi connectivity index (χ0n) is 2.75. The Morgan fingerprint density at radius 2 is 2.33 bits per heavy atom. The van der Waals surface area contributed by atoms with E-state index in [1.54, 1.807) is 0 Å². The van der Waals surface area contributed by atoms with Gasteiger partial charge in [-0.2, -0.15) is 0 Å². The summed E-state index contributed by atoms with van der Waals surface area (Å²) in [7, 11) is -2.77. The fourth-order valence-corrected chi connectivity index (χ4v) is 0.0645. The highest BCUT2D eigenvalue weighted by Gasteiger charge is 1.85. The minimum atomic E-state index is -2.77. The molecule has 0 heterocycles. The Hall–Kier alpha value is -0.250. The lowest BCUT2D eigenvalue weighted by atomic mass is 13.6. The third-order valence-corrected chi connectivity index (χ3v) is 0.526. The van der Waals surface area contributed by atoms with E-state index in [4.69, 9.17) is 4.91 Å². The molecule has 0 bridgehead atoms. The largest absolute Gasteiger partial charge is 0.357 e. The summed E-state index contributed by atoms with van der Waals surface area (Å²) in [5.74, 6) is 4.22. The molecule has 5 nitrogen and oxygen atoms in total. The van der Waals surface area contributed by atoms with Crippen LogP contribution in [-0.4, -0.2) is 0 Å². The normalized spacial score (nSPS) is 13.5. The van der Waals surface area contributed by atoms with Crippen LogP contribution in [0.25, 0.3) is 0 Å². The van der Waals surface area contributed by atoms with Crippen molar-refractivity contribution >= 4 is 8.18 Å². The molecule has 0 saturated heterocycles. The Morgan fingerprint density at radius 3 is 2.33 bits per heavy atom. The number of nitrogens with two attached hydrogens (primary N) is 1. The second-order valence-corrected chi connectivity index (χ2v) is 1.43. The van der Waals surface area contributed by atoms with E-state index in [1.165, 1.54) is 0 Å². The molecule has 0 aliphatic carbocycles. The first kappa shape index (κ1) is 5.75. The van der Waals surface area contributed by atoms with Crippen LogP contribution < -0.4 is 5.90 Å². The Morgan fingerprint density at radius 1 is 1.83 bits per heavy atom. The minimum Gasteiger partial charge on any atom is -0.265 e. The van der Waals surface area contributed by atoms with Crippen molar-refractivity contribution < 1.29 is 9.19 Å². The van der Waals surface area contributed by atoms with Gasteiger partial charge in [0.15, 0.2) is 0 Å². The highest BCUT2D eigenvalue weighted by Crippen LogP contribution is 2.17. The molecule has 0 aliphatic heterocycles. The first-order valence-corrected chi connectivity index (χ1v) is 2.31. The van der Waals surface area contributed by atoms with E-state index in [0.29, 0.717) is 0 Å². The van der Waals surface area contributed by atoms with Crippen molar-refractivity contribution in [3.05, 3.63) is 4.91 Å². The molecule has 0 amide bonds. The number of nitroso groups, excluding NO2 is 1. The molecule has 1 atom stereocenters. The molecular weight excluding hydrogens is 107 g/mol. The van der Waals surface area contributed by atoms with Crippen LogP contribution in [0.4, 0.5) is 0 Å². The van der Waals surface area contributed by atoms with Crippen LogP contribution in [0.2, 0.25) is 0 Å². The van der Waals surface area contributed by atoms with Crippen molar-refractivity contribution in [1.82, 2.24) is 0 Å². The van der Waals surface area contributed by atoms with Gasteiger partial charge in [-0.05, 0) is 0 Å². The standard InChI is InChI=1S/H3N2O3P/c1-5-6(4)2-3/h6H,1H2. The van der Waals surface area contributed by atoms with Crippen molar-refractivity contribution in [2.45, 2.75) is 0 Å². The van der Waals surface area contributed by atoms with Gasteiger partial charge < -0.3 is 0 Å². The van der Waals surface area contributed by atoms with Gasteiger partial charge in [0.25, 0.3) is 0 Å². The lowest BCUT2D eigenvalue weighted by Crippen LogP contribution is -1.84. The first-order chi connectivity index (χ1) is 2.81. The van der Waals surface area contributed by atoms with E-state index in [2.05, 4.69) is 10.5 Å². The summed E-state index contributed by atoms with van der Waals surface area (Å²) < 4.78 is 13.0. The maximum Gasteiger partial charge on any atom is 0.357 e. The lowest BCUT2D eigenvalue weighted by molar-refractivity contribution is 0.346. The summed E-state index contributed by atoms with van der Waals surface area (Å²) in [5.41, 5.74) is 0. The number of nitrogens with zero attached hydrogens (tertiary/aromatic N) is 1. The number of hydrogen-bond acceptors (Lipinski definition) is 4. The van der Waals surface area contributed by atoms with Crippen molar-refractivity contribution in [2.75, 3.05) is 0 Å². The summed E-state index contributed by atoms with van der Waals surface area (Å²) in [6.45, 7) is 0. The molecule has 0 rings (SSSR count). The maximum atomic E-state index is 9.54. The predicted molar refractivity (Wildman–Crippen MR) is 20.1 cm³/mol. The van der Waals surface area contributed by atoms with Crippen LogP contribution in [0, 0.1) is 4.91 Å². The molecule has 36 valence electrons. The molecule has 0 radical (unpaired) electrons. The zero-order valence-corrected chi connectivity index (χ0v) is 3.75. The van der Waals surface area contributed by atoms with Gasteiger partial charge in [-0.15, -0.1) is 4.91 Å². The topological polar surface area (TPSA) is 81.8 Å². The lowest BCUT2D eigenvalue weighted by Gasteiger charge is -1.77. The second kappa shape index (κ2) is 2.96. The summed E-state index contributed by atoms with van der Waals surface area (Å²) >= 11 is 0. The van der Waals surface area contributed by atoms with Gasteiger partial charge in [0, 0.05) is 4.95 Å². The van der Waals surface area contributed by atoms with Crippen molar-refractivity contribution in [3.63, 3.8) is 0 Å². The van der Waals surface area contributed by atoms with E-state index in [1.807, 2.05) is 4.95 Å². The van der Waals surface area contributed by atoms with Crippen LogP contribution in [0.3, 0.4) is 0 Å².